The second-order valence-electron chi connectivity index (χ2n) is 6.60. The molecule has 1 aliphatic rings. The van der Waals surface area contributed by atoms with Crippen LogP contribution in [0, 0.1) is 11.3 Å². The third-order valence-electron chi connectivity index (χ3n) is 4.75. The average Bonchev–Trinajstić information content (AvgIpc) is 2.72. The number of nitrogens with zero attached hydrogens (tertiary/aromatic N) is 4. The molecule has 0 bridgehead atoms. The molecule has 2 N–H and O–H groups in total. The van der Waals surface area contributed by atoms with Gasteiger partial charge >= 0.3 is 0 Å². The van der Waals surface area contributed by atoms with Crippen LogP contribution in [0.5, 0.6) is 11.8 Å². The summed E-state index contributed by atoms with van der Waals surface area (Å²) in [6.07, 6.45) is -0.239. The van der Waals surface area contributed by atoms with Crippen LogP contribution in [-0.4, -0.2) is 38.3 Å². The van der Waals surface area contributed by atoms with Gasteiger partial charge in [0.1, 0.15) is 29.4 Å². The van der Waals surface area contributed by atoms with E-state index >= 15 is 0 Å². The van der Waals surface area contributed by atoms with Crippen molar-refractivity contribution in [2.45, 2.75) is 6.17 Å². The minimum absolute atomic E-state index is 0.239. The number of aromatic nitrogens is 2. The summed E-state index contributed by atoms with van der Waals surface area (Å²) < 4.78 is 10.7. The molecule has 8 nitrogen and oxygen atoms in total. The lowest BCUT2D eigenvalue weighted by molar-refractivity contribution is 0.396. The highest BCUT2D eigenvalue weighted by molar-refractivity contribution is 6.05. The number of nitrogens with one attached hydrogen (secondary N) is 2. The predicted octanol–water partition coefficient (Wildman–Crippen LogP) is 3.12. The van der Waals surface area contributed by atoms with Crippen LogP contribution in [0.4, 0.5) is 17.3 Å². The maximum atomic E-state index is 9.61. The number of nitriles is 1. The van der Waals surface area contributed by atoms with E-state index < -0.39 is 0 Å². The molecule has 3 aromatic rings. The van der Waals surface area contributed by atoms with Crippen LogP contribution < -0.4 is 25.0 Å². The first-order chi connectivity index (χ1) is 13.5. The number of hydrogen-bond donors (Lipinski definition) is 2. The van der Waals surface area contributed by atoms with E-state index in [1.807, 2.05) is 31.1 Å². The van der Waals surface area contributed by atoms with Gasteiger partial charge in [-0.2, -0.15) is 15.2 Å². The smallest absolute Gasteiger partial charge is 0.234 e. The lowest BCUT2D eigenvalue weighted by Gasteiger charge is -2.29. The molecule has 2 aromatic heterocycles. The van der Waals surface area contributed by atoms with Gasteiger partial charge in [-0.25, -0.2) is 0 Å². The van der Waals surface area contributed by atoms with Crippen molar-refractivity contribution in [1.29, 1.82) is 5.26 Å². The Kier molecular flexibility index (Phi) is 4.28. The number of anilines is 3. The summed E-state index contributed by atoms with van der Waals surface area (Å²) in [5.74, 6) is 1.89. The zero-order valence-electron chi connectivity index (χ0n) is 16.1. The molecule has 1 aliphatic heterocycles. The van der Waals surface area contributed by atoms with Crippen molar-refractivity contribution in [2.75, 3.05) is 43.8 Å². The maximum absolute atomic E-state index is 9.61. The number of pyridine rings is 2. The summed E-state index contributed by atoms with van der Waals surface area (Å²) in [5.41, 5.74) is 2.49. The molecule has 3 heterocycles. The Morgan fingerprint density at radius 1 is 1.04 bits per heavy atom. The molecule has 1 unspecified atom stereocenters. The van der Waals surface area contributed by atoms with Gasteiger partial charge in [0.25, 0.3) is 0 Å². The average molecular weight is 376 g/mol. The van der Waals surface area contributed by atoms with Crippen LogP contribution in [0.15, 0.2) is 30.3 Å². The van der Waals surface area contributed by atoms with Crippen molar-refractivity contribution in [2.24, 2.45) is 0 Å². The molecule has 8 heteroatoms. The highest BCUT2D eigenvalue weighted by Gasteiger charge is 2.27. The van der Waals surface area contributed by atoms with Gasteiger partial charge < -0.3 is 25.0 Å². The molecule has 142 valence electrons. The quantitative estimate of drug-likeness (QED) is 0.717. The van der Waals surface area contributed by atoms with E-state index in [4.69, 9.17) is 9.47 Å². The van der Waals surface area contributed by atoms with Gasteiger partial charge in [0.05, 0.1) is 19.6 Å². The Morgan fingerprint density at radius 3 is 2.29 bits per heavy atom. The molecule has 1 aromatic carbocycles. The third kappa shape index (κ3) is 2.77. The predicted molar refractivity (Wildman–Crippen MR) is 108 cm³/mol. The van der Waals surface area contributed by atoms with E-state index in [2.05, 4.69) is 38.8 Å². The van der Waals surface area contributed by atoms with E-state index in [0.29, 0.717) is 28.5 Å². The van der Waals surface area contributed by atoms with Gasteiger partial charge in [0.2, 0.25) is 11.8 Å². The topological polar surface area (TPSA) is 95.3 Å². The van der Waals surface area contributed by atoms with Gasteiger partial charge in [-0.1, -0.05) is 12.1 Å². The van der Waals surface area contributed by atoms with E-state index in [1.165, 1.54) is 7.11 Å². The standard InChI is InChI=1S/C20H20N6O2/c1-26(2)12-7-5-11(6-8-12)17-23-18-16-13(9-15(22-18)27-3)14(10-21)20(28-4)25-19(16)24-17/h5-9,17H,1-4H3,(H,22,23)(H,24,25). The summed E-state index contributed by atoms with van der Waals surface area (Å²) >= 11 is 0. The Labute approximate surface area is 162 Å². The molecule has 0 saturated carbocycles. The number of benzene rings is 1. The molecular formula is C20H20N6O2. The fraction of sp³-hybridized carbons (Fsp3) is 0.250. The van der Waals surface area contributed by atoms with E-state index in [1.54, 1.807) is 13.2 Å². The molecule has 0 fully saturated rings. The molecule has 0 spiro atoms. The van der Waals surface area contributed by atoms with Crippen LogP contribution in [0.25, 0.3) is 10.8 Å². The molecule has 4 rings (SSSR count). The lowest BCUT2D eigenvalue weighted by atomic mass is 10.0. The normalized spacial score (nSPS) is 14.6. The Balaban J connectivity index is 1.85. The van der Waals surface area contributed by atoms with Crippen LogP contribution in [-0.2, 0) is 0 Å². The van der Waals surface area contributed by atoms with Gasteiger partial charge in [-0.05, 0) is 17.7 Å². The third-order valence-corrected chi connectivity index (χ3v) is 4.75. The number of ether oxygens (including phenoxy) is 2. The fourth-order valence-corrected chi connectivity index (χ4v) is 3.30. The summed E-state index contributed by atoms with van der Waals surface area (Å²) in [4.78, 5) is 11.1. The maximum Gasteiger partial charge on any atom is 0.234 e. The minimum Gasteiger partial charge on any atom is -0.481 e. The molecular weight excluding hydrogens is 356 g/mol. The zero-order chi connectivity index (χ0) is 19.8. The molecule has 28 heavy (non-hydrogen) atoms. The van der Waals surface area contributed by atoms with E-state index in [9.17, 15) is 5.26 Å². The van der Waals surface area contributed by atoms with E-state index in [0.717, 1.165) is 16.6 Å². The fourth-order valence-electron chi connectivity index (χ4n) is 3.30. The largest absolute Gasteiger partial charge is 0.481 e. The van der Waals surface area contributed by atoms with Gasteiger partial charge in [0.15, 0.2) is 0 Å². The summed E-state index contributed by atoms with van der Waals surface area (Å²) in [6, 6.07) is 12.1. The van der Waals surface area contributed by atoms with Crippen LogP contribution >= 0.6 is 0 Å². The Morgan fingerprint density at radius 2 is 1.71 bits per heavy atom. The summed E-state index contributed by atoms with van der Waals surface area (Å²) in [6.45, 7) is 0. The van der Waals surface area contributed by atoms with Gasteiger partial charge in [0, 0.05) is 31.2 Å². The number of rotatable bonds is 4. The van der Waals surface area contributed by atoms with Crippen molar-refractivity contribution in [1.82, 2.24) is 9.97 Å². The summed E-state index contributed by atoms with van der Waals surface area (Å²) in [7, 11) is 7.05. The Bertz CT molecular complexity index is 1080. The van der Waals surface area contributed by atoms with Crippen molar-refractivity contribution < 1.29 is 9.47 Å². The van der Waals surface area contributed by atoms with Gasteiger partial charge in [-0.15, -0.1) is 0 Å². The van der Waals surface area contributed by atoms with Gasteiger partial charge in [-0.3, -0.25) is 0 Å². The van der Waals surface area contributed by atoms with Crippen LogP contribution in [0.1, 0.15) is 17.3 Å². The van der Waals surface area contributed by atoms with Crippen LogP contribution in [0.3, 0.4) is 0 Å². The van der Waals surface area contributed by atoms with Crippen molar-refractivity contribution in [3.63, 3.8) is 0 Å². The van der Waals surface area contributed by atoms with Crippen molar-refractivity contribution >= 4 is 28.1 Å². The minimum atomic E-state index is -0.239. The lowest BCUT2D eigenvalue weighted by Crippen LogP contribution is -2.25. The first-order valence-electron chi connectivity index (χ1n) is 8.73. The molecule has 0 radical (unpaired) electrons. The Hall–Kier alpha value is -3.73. The van der Waals surface area contributed by atoms with E-state index in [-0.39, 0.29) is 12.0 Å². The van der Waals surface area contributed by atoms with Crippen molar-refractivity contribution in [3.8, 4) is 17.8 Å². The molecule has 0 aliphatic carbocycles. The monoisotopic (exact) mass is 376 g/mol. The SMILES string of the molecule is COc1cc2c(C#N)c(OC)nc3c2c(n1)NC(c1ccc(N(C)C)cc1)N3. The van der Waals surface area contributed by atoms with Crippen molar-refractivity contribution in [3.05, 3.63) is 41.5 Å². The molecule has 0 saturated heterocycles. The zero-order valence-corrected chi connectivity index (χ0v) is 16.1. The second-order valence-corrected chi connectivity index (χ2v) is 6.60. The number of hydrogen-bond acceptors (Lipinski definition) is 8. The number of methoxy groups -OCH3 is 2. The second kappa shape index (κ2) is 6.78. The molecule has 1 atom stereocenters. The molecule has 0 amide bonds. The highest BCUT2D eigenvalue weighted by atomic mass is 16.5. The summed E-state index contributed by atoms with van der Waals surface area (Å²) in [5, 5.41) is 17.8. The first kappa shape index (κ1) is 17.7. The highest BCUT2D eigenvalue weighted by Crippen LogP contribution is 2.41. The first-order valence-corrected chi connectivity index (χ1v) is 8.73. The van der Waals surface area contributed by atoms with Crippen LogP contribution in [0.2, 0.25) is 0 Å².